The molecule has 8 heteroatoms. The Morgan fingerprint density at radius 2 is 2.00 bits per heavy atom. The molecule has 3 heterocycles. The van der Waals surface area contributed by atoms with Crippen molar-refractivity contribution in [1.82, 2.24) is 19.9 Å². The molecule has 0 aliphatic carbocycles. The maximum atomic E-state index is 12.9. The molecule has 2 aromatic heterocycles. The Balaban J connectivity index is 1.39. The summed E-state index contributed by atoms with van der Waals surface area (Å²) in [6.07, 6.45) is 3.25. The largest absolute Gasteiger partial charge is 0.497 e. The monoisotopic (exact) mass is 415 g/mol. The first-order chi connectivity index (χ1) is 15.1. The Labute approximate surface area is 178 Å². The van der Waals surface area contributed by atoms with E-state index in [0.717, 1.165) is 34.3 Å². The number of ether oxygens (including phenoxy) is 2. The molecule has 31 heavy (non-hydrogen) atoms. The number of carbonyl (C=O) groups excluding carboxylic acids is 1. The van der Waals surface area contributed by atoms with Crippen LogP contribution >= 0.6 is 0 Å². The van der Waals surface area contributed by atoms with Gasteiger partial charge < -0.3 is 20.1 Å². The highest BCUT2D eigenvalue weighted by Crippen LogP contribution is 2.30. The van der Waals surface area contributed by atoms with Crippen molar-refractivity contribution >= 4 is 22.6 Å². The molecule has 0 fully saturated rings. The molecule has 2 aromatic carbocycles. The summed E-state index contributed by atoms with van der Waals surface area (Å²) in [5.74, 6) is 1.91. The van der Waals surface area contributed by atoms with Crippen molar-refractivity contribution in [2.75, 3.05) is 12.4 Å². The number of rotatable bonds is 4. The maximum absolute atomic E-state index is 12.9. The molecule has 0 atom stereocenters. The number of anilines is 1. The van der Waals surface area contributed by atoms with Gasteiger partial charge in [-0.1, -0.05) is 0 Å². The van der Waals surface area contributed by atoms with Crippen molar-refractivity contribution in [3.8, 4) is 17.4 Å². The molecule has 0 saturated heterocycles. The number of fused-ring (bicyclic) bond motifs is 2. The summed E-state index contributed by atoms with van der Waals surface area (Å²) in [4.78, 5) is 21.4. The van der Waals surface area contributed by atoms with E-state index in [0.29, 0.717) is 29.6 Å². The molecule has 0 bridgehead atoms. The molecular formula is C23H21N5O3. The molecular weight excluding hydrogens is 394 g/mol. The van der Waals surface area contributed by atoms with E-state index in [2.05, 4.69) is 20.6 Å². The van der Waals surface area contributed by atoms with Gasteiger partial charge in [0, 0.05) is 36.4 Å². The minimum Gasteiger partial charge on any atom is -0.497 e. The molecule has 5 rings (SSSR count). The van der Waals surface area contributed by atoms with Crippen molar-refractivity contribution in [3.05, 3.63) is 71.8 Å². The lowest BCUT2D eigenvalue weighted by molar-refractivity contribution is 0.254. The van der Waals surface area contributed by atoms with E-state index in [1.807, 2.05) is 43.3 Å². The summed E-state index contributed by atoms with van der Waals surface area (Å²) in [6, 6.07) is 12.8. The fraction of sp³-hybridized carbons (Fsp3) is 0.174. The second-order valence-corrected chi connectivity index (χ2v) is 7.39. The average Bonchev–Trinajstić information content (AvgIpc) is 3.40. The van der Waals surface area contributed by atoms with E-state index in [4.69, 9.17) is 9.47 Å². The minimum absolute atomic E-state index is 0.254. The van der Waals surface area contributed by atoms with Gasteiger partial charge >= 0.3 is 6.03 Å². The van der Waals surface area contributed by atoms with Gasteiger partial charge in [0.2, 0.25) is 5.88 Å². The molecule has 0 saturated carbocycles. The van der Waals surface area contributed by atoms with Crippen LogP contribution in [0.4, 0.5) is 10.5 Å². The third kappa shape index (κ3) is 3.69. The van der Waals surface area contributed by atoms with Gasteiger partial charge in [0.1, 0.15) is 17.8 Å². The Hall–Kier alpha value is -3.91. The second kappa shape index (κ2) is 7.73. The lowest BCUT2D eigenvalue weighted by Crippen LogP contribution is -2.18. The SMILES string of the molecule is COc1cc(C)cc(NC(=O)n2ccc3cc(Oc4ncnc5c4CNC5)ccc32)c1. The predicted octanol–water partition coefficient (Wildman–Crippen LogP) is 4.22. The topological polar surface area (TPSA) is 90.3 Å². The van der Waals surface area contributed by atoms with Crippen molar-refractivity contribution in [1.29, 1.82) is 0 Å². The number of benzene rings is 2. The third-order valence-corrected chi connectivity index (χ3v) is 5.22. The lowest BCUT2D eigenvalue weighted by atomic mass is 10.2. The first-order valence-electron chi connectivity index (χ1n) is 9.90. The standard InChI is InChI=1S/C23H21N5O3/c1-14-7-16(10-18(8-14)30-2)27-23(29)28-6-5-15-9-17(3-4-21(15)28)31-22-19-11-24-12-20(19)25-13-26-22/h3-10,13,24H,11-12H2,1-2H3,(H,27,29). The summed E-state index contributed by atoms with van der Waals surface area (Å²) >= 11 is 0. The van der Waals surface area contributed by atoms with Crippen LogP contribution in [0.3, 0.4) is 0 Å². The molecule has 0 radical (unpaired) electrons. The molecule has 4 aromatic rings. The number of aromatic nitrogens is 3. The Morgan fingerprint density at radius 1 is 1.10 bits per heavy atom. The van der Waals surface area contributed by atoms with Gasteiger partial charge in [-0.3, -0.25) is 4.57 Å². The van der Waals surface area contributed by atoms with Crippen LogP contribution in [-0.2, 0) is 13.1 Å². The summed E-state index contributed by atoms with van der Waals surface area (Å²) in [6.45, 7) is 3.36. The second-order valence-electron chi connectivity index (χ2n) is 7.39. The molecule has 2 N–H and O–H groups in total. The van der Waals surface area contributed by atoms with Crippen LogP contribution in [0.15, 0.2) is 55.0 Å². The highest BCUT2D eigenvalue weighted by molar-refractivity contribution is 5.99. The summed E-state index contributed by atoms with van der Waals surface area (Å²) < 4.78 is 12.9. The molecule has 1 aliphatic rings. The van der Waals surface area contributed by atoms with Crippen LogP contribution in [0.2, 0.25) is 0 Å². The lowest BCUT2D eigenvalue weighted by Gasteiger charge is -2.11. The van der Waals surface area contributed by atoms with Gasteiger partial charge in [-0.2, -0.15) is 0 Å². The zero-order valence-electron chi connectivity index (χ0n) is 17.2. The van der Waals surface area contributed by atoms with Crippen LogP contribution in [0.1, 0.15) is 16.8 Å². The van der Waals surface area contributed by atoms with Gasteiger partial charge in [-0.15, -0.1) is 0 Å². The van der Waals surface area contributed by atoms with E-state index in [9.17, 15) is 4.79 Å². The van der Waals surface area contributed by atoms with Crippen LogP contribution in [0.25, 0.3) is 10.9 Å². The molecule has 156 valence electrons. The molecule has 0 spiro atoms. The van der Waals surface area contributed by atoms with E-state index < -0.39 is 0 Å². The first kappa shape index (κ1) is 19.1. The van der Waals surface area contributed by atoms with Gasteiger partial charge in [0.05, 0.1) is 23.9 Å². The number of hydrogen-bond acceptors (Lipinski definition) is 6. The van der Waals surface area contributed by atoms with Gasteiger partial charge in [-0.05, 0) is 48.9 Å². The molecule has 1 aliphatic heterocycles. The Kier molecular flexibility index (Phi) is 4.76. The Morgan fingerprint density at radius 3 is 2.87 bits per heavy atom. The van der Waals surface area contributed by atoms with Gasteiger partial charge in [0.25, 0.3) is 0 Å². The van der Waals surface area contributed by atoms with E-state index in [1.54, 1.807) is 23.9 Å². The number of carbonyl (C=O) groups is 1. The highest BCUT2D eigenvalue weighted by atomic mass is 16.5. The van der Waals surface area contributed by atoms with E-state index in [1.165, 1.54) is 6.33 Å². The highest BCUT2D eigenvalue weighted by Gasteiger charge is 2.18. The fourth-order valence-corrected chi connectivity index (χ4v) is 3.75. The van der Waals surface area contributed by atoms with Crippen molar-refractivity contribution < 1.29 is 14.3 Å². The van der Waals surface area contributed by atoms with Crippen LogP contribution in [0.5, 0.6) is 17.4 Å². The summed E-state index contributed by atoms with van der Waals surface area (Å²) in [5, 5.41) is 7.06. The quantitative estimate of drug-likeness (QED) is 0.519. The zero-order valence-corrected chi connectivity index (χ0v) is 17.2. The van der Waals surface area contributed by atoms with E-state index in [-0.39, 0.29) is 6.03 Å². The molecule has 8 nitrogen and oxygen atoms in total. The fourth-order valence-electron chi connectivity index (χ4n) is 3.75. The molecule has 0 unspecified atom stereocenters. The predicted molar refractivity (Wildman–Crippen MR) is 117 cm³/mol. The molecule has 1 amide bonds. The Bertz CT molecular complexity index is 1300. The maximum Gasteiger partial charge on any atom is 0.330 e. The van der Waals surface area contributed by atoms with Crippen LogP contribution < -0.4 is 20.1 Å². The minimum atomic E-state index is -0.254. The number of methoxy groups -OCH3 is 1. The number of nitrogens with zero attached hydrogens (tertiary/aromatic N) is 3. The first-order valence-corrected chi connectivity index (χ1v) is 9.90. The smallest absolute Gasteiger partial charge is 0.330 e. The van der Waals surface area contributed by atoms with Crippen LogP contribution in [-0.4, -0.2) is 27.7 Å². The average molecular weight is 415 g/mol. The van der Waals surface area contributed by atoms with Crippen molar-refractivity contribution in [2.24, 2.45) is 0 Å². The van der Waals surface area contributed by atoms with E-state index >= 15 is 0 Å². The normalized spacial score (nSPS) is 12.6. The van der Waals surface area contributed by atoms with Crippen molar-refractivity contribution in [2.45, 2.75) is 20.0 Å². The van der Waals surface area contributed by atoms with Gasteiger partial charge in [0.15, 0.2) is 0 Å². The number of nitrogens with one attached hydrogen (secondary N) is 2. The van der Waals surface area contributed by atoms with Crippen LogP contribution in [0, 0.1) is 6.92 Å². The van der Waals surface area contributed by atoms with Crippen molar-refractivity contribution in [3.63, 3.8) is 0 Å². The number of hydrogen-bond donors (Lipinski definition) is 2. The summed E-state index contributed by atoms with van der Waals surface area (Å²) in [7, 11) is 1.60. The number of aryl methyl sites for hydroxylation is 1. The zero-order chi connectivity index (χ0) is 21.4. The summed E-state index contributed by atoms with van der Waals surface area (Å²) in [5.41, 5.74) is 4.39. The van der Waals surface area contributed by atoms with Gasteiger partial charge in [-0.25, -0.2) is 14.8 Å². The number of amides is 1. The third-order valence-electron chi connectivity index (χ3n) is 5.22.